The number of aliphatic hydroxyl groups excluding tert-OH is 12. The summed E-state index contributed by atoms with van der Waals surface area (Å²) in [7, 11) is 0. The van der Waals surface area contributed by atoms with E-state index in [0.717, 1.165) is 0 Å². The Bertz CT molecular complexity index is 1720. The minimum Gasteiger partial charge on any atom is -0.394 e. The molecule has 0 spiro atoms. The highest BCUT2D eigenvalue weighted by Crippen LogP contribution is 2.34. The van der Waals surface area contributed by atoms with Gasteiger partial charge in [0.15, 0.2) is 0 Å². The van der Waals surface area contributed by atoms with Crippen LogP contribution in [0.4, 0.5) is 0 Å². The maximum absolute atomic E-state index is 10.6. The Hall–Kier alpha value is -3.96. The zero-order chi connectivity index (χ0) is 40.7. The number of rotatable bonds is 12. The third-order valence-corrected chi connectivity index (χ3v) is 10.4. The lowest BCUT2D eigenvalue weighted by Crippen LogP contribution is -2.55. The Kier molecular flexibility index (Phi) is 12.4. The van der Waals surface area contributed by atoms with Crippen molar-refractivity contribution in [3.63, 3.8) is 0 Å². The summed E-state index contributed by atoms with van der Waals surface area (Å²) in [5.74, 6) is 0. The summed E-state index contributed by atoms with van der Waals surface area (Å²) in [6.07, 6.45) is -16.8. The van der Waals surface area contributed by atoms with Crippen LogP contribution in [0.5, 0.6) is 0 Å². The molecule has 12 N–H and O–H groups in total. The van der Waals surface area contributed by atoms with Crippen LogP contribution in [0.15, 0.2) is 36.8 Å². The smallest absolute Gasteiger partial charge is 0.132 e. The molecular formula is C33H45N9O15. The number of benzene rings is 1. The van der Waals surface area contributed by atoms with Crippen LogP contribution in [0.1, 0.15) is 52.1 Å². The third kappa shape index (κ3) is 8.33. The largest absolute Gasteiger partial charge is 0.394 e. The van der Waals surface area contributed by atoms with Crippen molar-refractivity contribution in [3.8, 4) is 0 Å². The summed E-state index contributed by atoms with van der Waals surface area (Å²) >= 11 is 0. The van der Waals surface area contributed by atoms with Gasteiger partial charge in [0.1, 0.15) is 109 Å². The van der Waals surface area contributed by atoms with E-state index in [4.69, 9.17) is 14.2 Å². The number of ether oxygens (including phenoxy) is 3. The van der Waals surface area contributed by atoms with Crippen molar-refractivity contribution in [3.05, 3.63) is 70.6 Å². The summed E-state index contributed by atoms with van der Waals surface area (Å²) in [5.41, 5.74) is 2.43. The maximum atomic E-state index is 10.6. The lowest BCUT2D eigenvalue weighted by molar-refractivity contribution is -0.232. The highest BCUT2D eigenvalue weighted by atomic mass is 16.6. The van der Waals surface area contributed by atoms with Crippen LogP contribution in [0.3, 0.4) is 0 Å². The van der Waals surface area contributed by atoms with Crippen LogP contribution in [0.25, 0.3) is 0 Å². The van der Waals surface area contributed by atoms with Crippen molar-refractivity contribution >= 4 is 0 Å². The molecule has 0 saturated carbocycles. The minimum atomic E-state index is -1.61. The predicted octanol–water partition coefficient (Wildman–Crippen LogP) is -6.85. The SMILES string of the molecule is OC[C@H]1O[C@@H](c2cn(Cc3cc(Cn4cc([C@@H]5O[C@H](CO)[C@@H](O)[C@H](O)[C@H]5O)nn4)cc(Cn4cc([C@@H]5O[C@H](CO)[C@@H](O)[C@H](O)[C@H]5O)nn4)c3)nn2)[C@H](O)[C@@H](O)[C@@H]1O. The quantitative estimate of drug-likeness (QED) is 0.0633. The Morgan fingerprint density at radius 3 is 0.912 bits per heavy atom. The van der Waals surface area contributed by atoms with E-state index in [1.807, 2.05) is 18.2 Å². The lowest BCUT2D eigenvalue weighted by atomic mass is 9.94. The fraction of sp³-hybridized carbons (Fsp3) is 0.636. The van der Waals surface area contributed by atoms with E-state index in [1.54, 1.807) is 0 Å². The first-order valence-electron chi connectivity index (χ1n) is 18.0. The summed E-state index contributed by atoms with van der Waals surface area (Å²) in [6.45, 7) is -1.49. The molecule has 3 fully saturated rings. The number of aromatic nitrogens is 9. The second-order valence-electron chi connectivity index (χ2n) is 14.4. The zero-order valence-corrected chi connectivity index (χ0v) is 30.0. The zero-order valence-electron chi connectivity index (χ0n) is 30.0. The van der Waals surface area contributed by atoms with E-state index in [9.17, 15) is 61.3 Å². The van der Waals surface area contributed by atoms with Crippen molar-refractivity contribution in [2.45, 2.75) is 111 Å². The summed E-state index contributed by atoms with van der Waals surface area (Å²) in [5, 5.41) is 147. The molecule has 0 bridgehead atoms. The normalized spacial score (nSPS) is 36.1. The molecule has 3 aliphatic heterocycles. The minimum absolute atomic E-state index is 0.117. The van der Waals surface area contributed by atoms with Gasteiger partial charge in [0.2, 0.25) is 0 Å². The first-order chi connectivity index (χ1) is 27.3. The first kappa shape index (κ1) is 41.2. The molecule has 0 amide bonds. The molecule has 312 valence electrons. The van der Waals surface area contributed by atoms with Gasteiger partial charge in [-0.15, -0.1) is 15.3 Å². The molecule has 15 atom stereocenters. The van der Waals surface area contributed by atoms with E-state index >= 15 is 0 Å². The van der Waals surface area contributed by atoms with Crippen molar-refractivity contribution in [1.29, 1.82) is 0 Å². The Labute approximate surface area is 322 Å². The molecule has 1 aromatic carbocycles. The molecule has 3 saturated heterocycles. The lowest BCUT2D eigenvalue weighted by Gasteiger charge is -2.39. The maximum Gasteiger partial charge on any atom is 0.132 e. The van der Waals surface area contributed by atoms with Crippen LogP contribution < -0.4 is 0 Å². The molecule has 6 heterocycles. The van der Waals surface area contributed by atoms with Crippen molar-refractivity contribution < 1.29 is 75.5 Å². The van der Waals surface area contributed by atoms with Crippen LogP contribution in [-0.2, 0) is 33.8 Å². The molecule has 24 heteroatoms. The fourth-order valence-electron chi connectivity index (χ4n) is 7.28. The van der Waals surface area contributed by atoms with E-state index in [-0.39, 0.29) is 36.7 Å². The van der Waals surface area contributed by atoms with Crippen LogP contribution in [-0.4, -0.2) is 199 Å². The molecule has 0 aliphatic carbocycles. The van der Waals surface area contributed by atoms with Gasteiger partial charge in [-0.1, -0.05) is 33.8 Å². The molecule has 3 aliphatic rings. The topological polar surface area (TPSA) is 363 Å². The van der Waals surface area contributed by atoms with Gasteiger partial charge in [-0.2, -0.15) is 0 Å². The monoisotopic (exact) mass is 807 g/mol. The predicted molar refractivity (Wildman–Crippen MR) is 182 cm³/mol. The van der Waals surface area contributed by atoms with Gasteiger partial charge in [0.25, 0.3) is 0 Å². The van der Waals surface area contributed by atoms with Gasteiger partial charge in [0, 0.05) is 0 Å². The summed E-state index contributed by atoms with van der Waals surface area (Å²) < 4.78 is 21.2. The van der Waals surface area contributed by atoms with Gasteiger partial charge in [-0.05, 0) is 16.7 Å². The molecule has 0 radical (unpaired) electrons. The molecule has 7 rings (SSSR count). The Morgan fingerprint density at radius 1 is 0.404 bits per heavy atom. The third-order valence-electron chi connectivity index (χ3n) is 10.4. The van der Waals surface area contributed by atoms with Crippen LogP contribution >= 0.6 is 0 Å². The molecular weight excluding hydrogens is 762 g/mol. The summed E-state index contributed by atoms with van der Waals surface area (Å²) in [4.78, 5) is 0. The molecule has 3 aromatic heterocycles. The van der Waals surface area contributed by atoms with Gasteiger partial charge >= 0.3 is 0 Å². The van der Waals surface area contributed by atoms with Crippen molar-refractivity contribution in [2.75, 3.05) is 19.8 Å². The first-order valence-corrected chi connectivity index (χ1v) is 18.0. The number of nitrogens with zero attached hydrogens (tertiary/aromatic N) is 9. The van der Waals surface area contributed by atoms with E-state index in [0.29, 0.717) is 16.7 Å². The highest BCUT2D eigenvalue weighted by Gasteiger charge is 2.47. The molecule has 24 nitrogen and oxygen atoms in total. The van der Waals surface area contributed by atoms with E-state index in [2.05, 4.69) is 30.9 Å². The van der Waals surface area contributed by atoms with Gasteiger partial charge < -0.3 is 75.5 Å². The number of hydrogen-bond acceptors (Lipinski definition) is 21. The second kappa shape index (κ2) is 17.1. The van der Waals surface area contributed by atoms with E-state index < -0.39 is 111 Å². The van der Waals surface area contributed by atoms with Gasteiger partial charge in [0.05, 0.1) is 58.0 Å². The molecule has 4 aromatic rings. The number of hydrogen-bond donors (Lipinski definition) is 12. The van der Waals surface area contributed by atoms with Crippen molar-refractivity contribution in [1.82, 2.24) is 45.0 Å². The van der Waals surface area contributed by atoms with Gasteiger partial charge in [-0.3, -0.25) is 0 Å². The number of aliphatic hydroxyl groups is 12. The Balaban J connectivity index is 1.14. The average molecular weight is 808 g/mol. The fourth-order valence-corrected chi connectivity index (χ4v) is 7.28. The van der Waals surface area contributed by atoms with E-state index in [1.165, 1.54) is 32.6 Å². The summed E-state index contributed by atoms with van der Waals surface area (Å²) in [6, 6.07) is 5.48. The van der Waals surface area contributed by atoms with Crippen LogP contribution in [0, 0.1) is 0 Å². The average Bonchev–Trinajstić information content (AvgIpc) is 3.98. The molecule has 57 heavy (non-hydrogen) atoms. The standard InChI is InChI=1S/C33H45N9O15/c43-10-19-22(46)25(49)28(52)31(55-19)16-7-40(37-34-16)4-13-1-14(5-41-8-17(35-38-41)32-29(53)26(50)23(47)20(11-44)56-32)3-15(2-13)6-42-9-18(36-39-42)33-30(54)27(51)24(48)21(12-45)57-33/h1-3,7-9,19-33,43-54H,4-6,10-12H2/t19-,20-,21-,22-,23-,24-,25+,26+,27+,28-,29-,30-,31+,32+,33+/m1/s1. The van der Waals surface area contributed by atoms with Crippen molar-refractivity contribution in [2.24, 2.45) is 0 Å². The Morgan fingerprint density at radius 2 is 0.667 bits per heavy atom. The van der Waals surface area contributed by atoms with Gasteiger partial charge in [-0.25, -0.2) is 14.0 Å². The molecule has 0 unspecified atom stereocenters. The second-order valence-corrected chi connectivity index (χ2v) is 14.4. The highest BCUT2D eigenvalue weighted by molar-refractivity contribution is 5.31. The van der Waals surface area contributed by atoms with Crippen LogP contribution in [0.2, 0.25) is 0 Å².